The topological polar surface area (TPSA) is 38.9 Å². The molecule has 3 nitrogen and oxygen atoms in total. The highest BCUT2D eigenvalue weighted by Gasteiger charge is 2.15. The largest absolute Gasteiger partial charge is 0.422 e. The van der Waals surface area contributed by atoms with Crippen LogP contribution >= 0.6 is 0 Å². The fourth-order valence-corrected chi connectivity index (χ4v) is 2.91. The molecule has 1 aliphatic rings. The molecule has 2 aromatic heterocycles. The minimum Gasteiger partial charge on any atom is -0.422 e. The lowest BCUT2D eigenvalue weighted by Gasteiger charge is -2.20. The third-order valence-electron chi connectivity index (χ3n) is 4.03. The number of aromatic nitrogens is 2. The van der Waals surface area contributed by atoms with Crippen molar-refractivity contribution in [3.63, 3.8) is 0 Å². The van der Waals surface area contributed by atoms with Crippen LogP contribution in [-0.2, 0) is 6.42 Å². The van der Waals surface area contributed by atoms with Gasteiger partial charge in [-0.15, -0.1) is 0 Å². The van der Waals surface area contributed by atoms with Gasteiger partial charge in [0.15, 0.2) is 5.89 Å². The molecule has 0 N–H and O–H groups in total. The Morgan fingerprint density at radius 3 is 2.89 bits per heavy atom. The fourth-order valence-electron chi connectivity index (χ4n) is 2.91. The van der Waals surface area contributed by atoms with E-state index in [4.69, 9.17) is 4.42 Å². The van der Waals surface area contributed by atoms with Crippen molar-refractivity contribution in [2.45, 2.75) is 51.9 Å². The molecule has 0 amide bonds. The minimum atomic E-state index is 0.689. The molecule has 3 heteroatoms. The molecule has 2 heterocycles. The molecule has 0 aliphatic heterocycles. The van der Waals surface area contributed by atoms with Crippen molar-refractivity contribution in [2.24, 2.45) is 5.92 Å². The molecule has 3 rings (SSSR count). The summed E-state index contributed by atoms with van der Waals surface area (Å²) < 4.78 is 5.72. The first-order valence-electron chi connectivity index (χ1n) is 7.04. The van der Waals surface area contributed by atoms with Crippen LogP contribution in [0.2, 0.25) is 0 Å². The Morgan fingerprint density at radius 2 is 2.11 bits per heavy atom. The first-order chi connectivity index (χ1) is 8.83. The number of nitrogens with zero attached hydrogens (tertiary/aromatic N) is 2. The van der Waals surface area contributed by atoms with Gasteiger partial charge in [0.05, 0.1) is 0 Å². The highest BCUT2D eigenvalue weighted by molar-refractivity contribution is 5.71. The van der Waals surface area contributed by atoms with Crippen LogP contribution in [0.5, 0.6) is 0 Å². The maximum Gasteiger partial charge on any atom is 0.247 e. The van der Waals surface area contributed by atoms with Crippen molar-refractivity contribution in [3.05, 3.63) is 23.7 Å². The van der Waals surface area contributed by atoms with E-state index in [0.717, 1.165) is 29.3 Å². The third-order valence-corrected chi connectivity index (χ3v) is 4.03. The first-order valence-corrected chi connectivity index (χ1v) is 7.04. The number of hydrogen-bond acceptors (Lipinski definition) is 3. The Kier molecular flexibility index (Phi) is 3.31. The summed E-state index contributed by atoms with van der Waals surface area (Å²) in [5.74, 6) is 1.74. The first kappa shape index (κ1) is 11.7. The quantitative estimate of drug-likeness (QED) is 0.817. The maximum atomic E-state index is 5.72. The number of hydrogen-bond donors (Lipinski definition) is 0. The van der Waals surface area contributed by atoms with E-state index in [2.05, 4.69) is 16.9 Å². The molecule has 96 valence electrons. The van der Waals surface area contributed by atoms with E-state index in [9.17, 15) is 0 Å². The van der Waals surface area contributed by atoms with Gasteiger partial charge in [0.1, 0.15) is 5.52 Å². The number of aryl methyl sites for hydroxylation is 2. The van der Waals surface area contributed by atoms with E-state index < -0.39 is 0 Å². The summed E-state index contributed by atoms with van der Waals surface area (Å²) in [6, 6.07) is 1.98. The summed E-state index contributed by atoms with van der Waals surface area (Å²) in [6.07, 6.45) is 11.0. The van der Waals surface area contributed by atoms with Crippen molar-refractivity contribution in [3.8, 4) is 0 Å². The Hall–Kier alpha value is -1.38. The van der Waals surface area contributed by atoms with Crippen molar-refractivity contribution in [1.82, 2.24) is 9.97 Å². The second-order valence-corrected chi connectivity index (χ2v) is 5.43. The monoisotopic (exact) mass is 244 g/mol. The van der Waals surface area contributed by atoms with Gasteiger partial charge >= 0.3 is 0 Å². The van der Waals surface area contributed by atoms with E-state index in [0.29, 0.717) is 5.71 Å². The van der Waals surface area contributed by atoms with Crippen LogP contribution in [-0.4, -0.2) is 9.97 Å². The lowest BCUT2D eigenvalue weighted by Crippen LogP contribution is -2.07. The predicted octanol–water partition coefficient (Wildman–Crippen LogP) is 4.04. The molecule has 0 radical (unpaired) electrons. The van der Waals surface area contributed by atoms with Crippen molar-refractivity contribution in [1.29, 1.82) is 0 Å². The van der Waals surface area contributed by atoms with Crippen molar-refractivity contribution < 1.29 is 4.42 Å². The number of pyridine rings is 1. The third kappa shape index (κ3) is 2.40. The molecular weight excluding hydrogens is 224 g/mol. The molecule has 0 bridgehead atoms. The van der Waals surface area contributed by atoms with Crippen LogP contribution in [0.15, 0.2) is 16.7 Å². The predicted molar refractivity (Wildman–Crippen MR) is 71.4 cm³/mol. The van der Waals surface area contributed by atoms with Gasteiger partial charge in [-0.25, -0.2) is 9.97 Å². The van der Waals surface area contributed by atoms with E-state index in [-0.39, 0.29) is 0 Å². The highest BCUT2D eigenvalue weighted by atomic mass is 16.4. The van der Waals surface area contributed by atoms with E-state index in [1.165, 1.54) is 38.5 Å². The van der Waals surface area contributed by atoms with Crippen LogP contribution in [0.1, 0.15) is 50.0 Å². The number of oxazole rings is 1. The lowest BCUT2D eigenvalue weighted by atomic mass is 9.86. The zero-order valence-electron chi connectivity index (χ0n) is 11.0. The second-order valence-electron chi connectivity index (χ2n) is 5.43. The Labute approximate surface area is 108 Å². The minimum absolute atomic E-state index is 0.689. The van der Waals surface area contributed by atoms with Gasteiger partial charge in [0, 0.05) is 12.6 Å². The number of rotatable bonds is 3. The molecule has 0 aromatic carbocycles. The Balaban J connectivity index is 1.69. The van der Waals surface area contributed by atoms with Crippen LogP contribution in [0.25, 0.3) is 11.2 Å². The van der Waals surface area contributed by atoms with Crippen molar-refractivity contribution >= 4 is 11.2 Å². The highest BCUT2D eigenvalue weighted by Crippen LogP contribution is 2.28. The molecule has 1 aliphatic carbocycles. The maximum absolute atomic E-state index is 5.72. The van der Waals surface area contributed by atoms with Crippen molar-refractivity contribution in [2.75, 3.05) is 0 Å². The summed E-state index contributed by atoms with van der Waals surface area (Å²) in [5.41, 5.74) is 2.76. The SMILES string of the molecule is Cc1ccnc2oc(CCC3CCCCC3)nc12. The Bertz CT molecular complexity index is 526. The van der Waals surface area contributed by atoms with Crippen LogP contribution < -0.4 is 0 Å². The summed E-state index contributed by atoms with van der Waals surface area (Å²) in [7, 11) is 0. The summed E-state index contributed by atoms with van der Waals surface area (Å²) >= 11 is 0. The summed E-state index contributed by atoms with van der Waals surface area (Å²) in [5, 5.41) is 0. The normalized spacial score (nSPS) is 17.4. The van der Waals surface area contributed by atoms with Gasteiger partial charge in [0.25, 0.3) is 0 Å². The lowest BCUT2D eigenvalue weighted by molar-refractivity contribution is 0.329. The van der Waals surface area contributed by atoms with E-state index in [1.807, 2.05) is 6.07 Å². The average Bonchev–Trinajstić information content (AvgIpc) is 2.82. The van der Waals surface area contributed by atoms with Gasteiger partial charge in [-0.2, -0.15) is 0 Å². The molecule has 0 saturated heterocycles. The second kappa shape index (κ2) is 5.09. The fraction of sp³-hybridized carbons (Fsp3) is 0.600. The zero-order chi connectivity index (χ0) is 12.4. The standard InChI is InChI=1S/C15H20N2O/c1-11-9-10-16-15-14(11)17-13(18-15)8-7-12-5-3-2-4-6-12/h9-10,12H,2-8H2,1H3. The number of fused-ring (bicyclic) bond motifs is 1. The average molecular weight is 244 g/mol. The van der Waals surface area contributed by atoms with Crippen LogP contribution in [0.4, 0.5) is 0 Å². The van der Waals surface area contributed by atoms with Crippen LogP contribution in [0, 0.1) is 12.8 Å². The van der Waals surface area contributed by atoms with Gasteiger partial charge in [0.2, 0.25) is 5.71 Å². The molecule has 0 atom stereocenters. The zero-order valence-corrected chi connectivity index (χ0v) is 11.0. The van der Waals surface area contributed by atoms with E-state index in [1.54, 1.807) is 6.20 Å². The molecular formula is C15H20N2O. The van der Waals surface area contributed by atoms with Gasteiger partial charge < -0.3 is 4.42 Å². The Morgan fingerprint density at radius 1 is 1.28 bits per heavy atom. The van der Waals surface area contributed by atoms with Gasteiger partial charge in [-0.3, -0.25) is 0 Å². The van der Waals surface area contributed by atoms with Gasteiger partial charge in [-0.05, 0) is 30.9 Å². The van der Waals surface area contributed by atoms with Gasteiger partial charge in [-0.1, -0.05) is 32.1 Å². The molecule has 1 fully saturated rings. The summed E-state index contributed by atoms with van der Waals surface area (Å²) in [4.78, 5) is 8.80. The molecule has 2 aromatic rings. The van der Waals surface area contributed by atoms with Crippen LogP contribution in [0.3, 0.4) is 0 Å². The molecule has 0 spiro atoms. The smallest absolute Gasteiger partial charge is 0.247 e. The summed E-state index contributed by atoms with van der Waals surface area (Å²) in [6.45, 7) is 2.05. The molecule has 1 saturated carbocycles. The molecule has 18 heavy (non-hydrogen) atoms. The van der Waals surface area contributed by atoms with E-state index >= 15 is 0 Å². The molecule has 0 unspecified atom stereocenters.